The van der Waals surface area contributed by atoms with Crippen molar-refractivity contribution in [2.24, 2.45) is 0 Å². The number of benzene rings is 12. The van der Waals surface area contributed by atoms with Gasteiger partial charge in [-0.25, -0.2) is 0 Å². The molecule has 0 aliphatic carbocycles. The van der Waals surface area contributed by atoms with Crippen LogP contribution >= 0.6 is 0 Å². The van der Waals surface area contributed by atoms with Gasteiger partial charge in [-0.15, -0.1) is 0 Å². The van der Waals surface area contributed by atoms with Crippen molar-refractivity contribution in [2.75, 3.05) is 0 Å². The topological polar surface area (TPSA) is 115 Å². The molecule has 0 fully saturated rings. The highest BCUT2D eigenvalue weighted by atomic mass is 19.4. The van der Waals surface area contributed by atoms with Gasteiger partial charge in [0, 0.05) is 43.1 Å². The Hall–Kier alpha value is -12.6. The molecule has 8 nitrogen and oxygen atoms in total. The average Bonchev–Trinajstić information content (AvgIpc) is 1.52. The first-order valence-electron chi connectivity index (χ1n) is 30.8. The molecule has 0 saturated carbocycles. The fourth-order valence-corrected chi connectivity index (χ4v) is 14.4. The summed E-state index contributed by atoms with van der Waals surface area (Å²) < 4.78 is 93.5. The van der Waals surface area contributed by atoms with E-state index in [1.54, 1.807) is 12.1 Å². The molecule has 16 rings (SSSR count). The molecule has 12 aromatic carbocycles. The Labute approximate surface area is 545 Å². The largest absolute Gasteiger partial charge is 0.417 e. The molecule has 4 aromatic heterocycles. The standard InChI is InChI=1S/2C41H25F3N4/c1-24-9-7-13-32-30-11-3-5-15-35(30)47(39(24)32)37-20-26(29-18-17-28(41(42,43)44)19-27(29)22-45)21-38(34(37)23-46)48-36-16-6-4-12-31(36)33-14-8-10-25(2)40(33)48;1-24-9-7-13-31-29-11-3-5-15-35(29)47(39(24)31)37-20-27(28-18-17-26(22-45)19-34(28)41(42,43)44)21-38(33(37)23-46)48-36-16-6-4-12-30(36)32-14-8-10-25(2)40(32)48/h2*3-21H,1-2H3. The maximum atomic E-state index is 14.7. The van der Waals surface area contributed by atoms with E-state index in [1.807, 2.05) is 219 Å². The maximum Gasteiger partial charge on any atom is 0.417 e. The minimum absolute atomic E-state index is 0.0801. The third-order valence-corrected chi connectivity index (χ3v) is 18.5. The van der Waals surface area contributed by atoms with Gasteiger partial charge in [-0.2, -0.15) is 47.4 Å². The first-order valence-corrected chi connectivity index (χ1v) is 30.8. The molecular formula is C82H50F6N8. The van der Waals surface area contributed by atoms with Gasteiger partial charge in [0.1, 0.15) is 23.3 Å². The predicted molar refractivity (Wildman–Crippen MR) is 369 cm³/mol. The first kappa shape index (κ1) is 59.7. The number of fused-ring (bicyclic) bond motifs is 12. The summed E-state index contributed by atoms with van der Waals surface area (Å²) in [7, 11) is 0. The Bertz CT molecular complexity index is 5900. The maximum absolute atomic E-state index is 14.7. The normalized spacial score (nSPS) is 11.8. The van der Waals surface area contributed by atoms with E-state index in [4.69, 9.17) is 0 Å². The van der Waals surface area contributed by atoms with E-state index >= 15 is 0 Å². The molecule has 0 bridgehead atoms. The van der Waals surface area contributed by atoms with E-state index < -0.39 is 23.5 Å². The zero-order valence-electron chi connectivity index (χ0n) is 51.8. The zero-order chi connectivity index (χ0) is 66.6. The summed E-state index contributed by atoms with van der Waals surface area (Å²) in [6.07, 6.45) is -9.34. The average molecular weight is 1260 g/mol. The minimum Gasteiger partial charge on any atom is -0.308 e. The lowest BCUT2D eigenvalue weighted by Crippen LogP contribution is -2.09. The molecular weight excluding hydrogens is 1210 g/mol. The molecule has 0 atom stereocenters. The molecule has 0 amide bonds. The third kappa shape index (κ3) is 9.33. The number of nitriles is 4. The number of hydrogen-bond donors (Lipinski definition) is 0. The van der Waals surface area contributed by atoms with Crippen LogP contribution in [0.15, 0.2) is 231 Å². The van der Waals surface area contributed by atoms with Crippen LogP contribution in [-0.2, 0) is 12.4 Å². The number of rotatable bonds is 6. The molecule has 0 spiro atoms. The van der Waals surface area contributed by atoms with Gasteiger partial charge in [0.15, 0.2) is 0 Å². The molecule has 0 aliphatic rings. The first-order chi connectivity index (χ1) is 46.4. The minimum atomic E-state index is -4.73. The van der Waals surface area contributed by atoms with Crippen LogP contribution < -0.4 is 0 Å². The number of hydrogen-bond acceptors (Lipinski definition) is 4. The van der Waals surface area contributed by atoms with Crippen LogP contribution in [0.25, 0.3) is 132 Å². The monoisotopic (exact) mass is 1260 g/mol. The molecule has 16 aromatic rings. The summed E-state index contributed by atoms with van der Waals surface area (Å²) >= 11 is 0. The Balaban J connectivity index is 0.000000158. The van der Waals surface area contributed by atoms with Crippen molar-refractivity contribution < 1.29 is 26.3 Å². The van der Waals surface area contributed by atoms with Gasteiger partial charge in [-0.05, 0) is 145 Å². The Morgan fingerprint density at radius 2 is 0.625 bits per heavy atom. The number of para-hydroxylation sites is 8. The van der Waals surface area contributed by atoms with Crippen LogP contribution in [0.3, 0.4) is 0 Å². The molecule has 14 heteroatoms. The Kier molecular flexibility index (Phi) is 14.0. The molecule has 0 unspecified atom stereocenters. The fraction of sp³-hybridized carbons (Fsp3) is 0.0732. The van der Waals surface area contributed by atoms with Crippen LogP contribution in [0.2, 0.25) is 0 Å². The quantitative estimate of drug-likeness (QED) is 0.154. The molecule has 4 heterocycles. The van der Waals surface area contributed by atoms with E-state index in [0.717, 1.165) is 128 Å². The highest BCUT2D eigenvalue weighted by molar-refractivity contribution is 6.14. The number of halogens is 6. The van der Waals surface area contributed by atoms with E-state index in [9.17, 15) is 47.4 Å². The third-order valence-electron chi connectivity index (χ3n) is 18.5. The van der Waals surface area contributed by atoms with Gasteiger partial charge in [0.05, 0.1) is 101 Å². The van der Waals surface area contributed by atoms with Crippen molar-refractivity contribution in [3.05, 3.63) is 286 Å². The lowest BCUT2D eigenvalue weighted by atomic mass is 9.94. The molecule has 460 valence electrons. The SMILES string of the molecule is Cc1cccc2c3ccccc3n(-c3cc(-c4ccc(C#N)cc4C(F)(F)F)cc(-n4c5ccccc5c5cccc(C)c54)c3C#N)c12.Cc1cccc2c3ccccc3n(-c3cc(-c4ccc(C(F)(F)F)cc4C#N)cc(-n4c5ccccc5c5cccc(C)c54)c3C#N)c12. The highest BCUT2D eigenvalue weighted by Crippen LogP contribution is 2.47. The fourth-order valence-electron chi connectivity index (χ4n) is 14.4. The Morgan fingerprint density at radius 1 is 0.302 bits per heavy atom. The summed E-state index contributed by atoms with van der Waals surface area (Å²) in [6, 6.07) is 78.6. The molecule has 0 aliphatic heterocycles. The van der Waals surface area contributed by atoms with E-state index in [-0.39, 0.29) is 22.3 Å². The molecule has 0 N–H and O–H groups in total. The summed E-state index contributed by atoms with van der Waals surface area (Å²) in [4.78, 5) is 0. The lowest BCUT2D eigenvalue weighted by molar-refractivity contribution is -0.138. The van der Waals surface area contributed by atoms with Crippen LogP contribution in [0.5, 0.6) is 0 Å². The second-order valence-electron chi connectivity index (χ2n) is 24.0. The van der Waals surface area contributed by atoms with Gasteiger partial charge < -0.3 is 18.3 Å². The smallest absolute Gasteiger partial charge is 0.308 e. The van der Waals surface area contributed by atoms with Crippen LogP contribution in [0.1, 0.15) is 55.6 Å². The molecule has 0 radical (unpaired) electrons. The zero-order valence-corrected chi connectivity index (χ0v) is 51.8. The summed E-state index contributed by atoms with van der Waals surface area (Å²) in [5.74, 6) is 0. The van der Waals surface area contributed by atoms with E-state index in [2.05, 4.69) is 33.4 Å². The number of alkyl halides is 6. The predicted octanol–water partition coefficient (Wildman–Crippen LogP) is 21.9. The number of nitrogens with zero attached hydrogens (tertiary/aromatic N) is 8. The summed E-state index contributed by atoms with van der Waals surface area (Å²) in [5.41, 5.74) is 12.7. The van der Waals surface area contributed by atoms with Gasteiger partial charge in [-0.1, -0.05) is 158 Å². The van der Waals surface area contributed by atoms with Crippen molar-refractivity contribution in [3.8, 4) is 69.3 Å². The summed E-state index contributed by atoms with van der Waals surface area (Å²) in [6.45, 7) is 8.03. The highest BCUT2D eigenvalue weighted by Gasteiger charge is 2.36. The van der Waals surface area contributed by atoms with Crippen molar-refractivity contribution in [1.29, 1.82) is 21.0 Å². The van der Waals surface area contributed by atoms with Crippen molar-refractivity contribution in [3.63, 3.8) is 0 Å². The van der Waals surface area contributed by atoms with E-state index in [0.29, 0.717) is 45.0 Å². The molecule has 96 heavy (non-hydrogen) atoms. The van der Waals surface area contributed by atoms with Crippen molar-refractivity contribution in [1.82, 2.24) is 18.3 Å². The Morgan fingerprint density at radius 3 is 0.938 bits per heavy atom. The van der Waals surface area contributed by atoms with Gasteiger partial charge >= 0.3 is 12.4 Å². The second kappa shape index (κ2) is 22.6. The second-order valence-corrected chi connectivity index (χ2v) is 24.0. The van der Waals surface area contributed by atoms with Crippen LogP contribution in [0.4, 0.5) is 26.3 Å². The van der Waals surface area contributed by atoms with Gasteiger partial charge in [-0.3, -0.25) is 0 Å². The number of aromatic nitrogens is 4. The lowest BCUT2D eigenvalue weighted by Gasteiger charge is -2.20. The molecule has 0 saturated heterocycles. The van der Waals surface area contributed by atoms with Crippen molar-refractivity contribution in [2.45, 2.75) is 40.0 Å². The summed E-state index contributed by atoms with van der Waals surface area (Å²) in [5, 5.41) is 49.7. The van der Waals surface area contributed by atoms with Crippen molar-refractivity contribution >= 4 is 87.2 Å². The van der Waals surface area contributed by atoms with Gasteiger partial charge in [0.25, 0.3) is 0 Å². The van der Waals surface area contributed by atoms with Crippen LogP contribution in [-0.4, -0.2) is 18.3 Å². The van der Waals surface area contributed by atoms with Gasteiger partial charge in [0.2, 0.25) is 0 Å². The van der Waals surface area contributed by atoms with Crippen LogP contribution in [0, 0.1) is 73.0 Å². The number of aryl methyl sites for hydroxylation is 4. The van der Waals surface area contributed by atoms with E-state index in [1.165, 1.54) is 18.2 Å².